The molecule has 1 fully saturated rings. The second-order valence-electron chi connectivity index (χ2n) is 9.43. The quantitative estimate of drug-likeness (QED) is 0.376. The van der Waals surface area contributed by atoms with Gasteiger partial charge in [0.15, 0.2) is 0 Å². The molecule has 0 aromatic heterocycles. The molecule has 3 N–H and O–H groups in total. The highest BCUT2D eigenvalue weighted by Gasteiger charge is 2.50. The molecule has 0 bridgehead atoms. The zero-order valence-corrected chi connectivity index (χ0v) is 18.6. The van der Waals surface area contributed by atoms with Gasteiger partial charge in [-0.1, -0.05) is 84.5 Å². The molecule has 0 spiro atoms. The lowest BCUT2D eigenvalue weighted by Gasteiger charge is -2.33. The van der Waals surface area contributed by atoms with E-state index in [1.54, 1.807) is 5.57 Å². The summed E-state index contributed by atoms with van der Waals surface area (Å²) in [6, 6.07) is 30.3. The summed E-state index contributed by atoms with van der Waals surface area (Å²) < 4.78 is 0. The van der Waals surface area contributed by atoms with E-state index in [1.807, 2.05) is 24.3 Å². The summed E-state index contributed by atoms with van der Waals surface area (Å²) in [5, 5.41) is 3.99. The summed E-state index contributed by atoms with van der Waals surface area (Å²) >= 11 is 0. The predicted octanol–water partition coefficient (Wildman–Crippen LogP) is 6.16. The number of nitrogens with one attached hydrogen (secondary N) is 1. The third-order valence-electron chi connectivity index (χ3n) is 7.26. The lowest BCUT2D eigenvalue weighted by molar-refractivity contribution is 0.428. The first-order valence-corrected chi connectivity index (χ1v) is 11.9. The number of nitrogens with two attached hydrogens (primary N) is 1. The first kappa shape index (κ1) is 20.2. The van der Waals surface area contributed by atoms with E-state index >= 15 is 0 Å². The molecular weight excluding hydrogens is 402 g/mol. The van der Waals surface area contributed by atoms with Crippen molar-refractivity contribution < 1.29 is 0 Å². The molecule has 3 nitrogen and oxygen atoms in total. The summed E-state index contributed by atoms with van der Waals surface area (Å²) in [7, 11) is 0. The van der Waals surface area contributed by atoms with E-state index in [0.717, 1.165) is 23.5 Å². The normalized spacial score (nSPS) is 29.0. The van der Waals surface area contributed by atoms with Gasteiger partial charge in [-0.15, -0.1) is 0 Å². The zero-order valence-electron chi connectivity index (χ0n) is 18.6. The summed E-state index contributed by atoms with van der Waals surface area (Å²) in [4.78, 5) is 5.03. The molecule has 3 aliphatic carbocycles. The number of hydrogen-bond acceptors (Lipinski definition) is 3. The van der Waals surface area contributed by atoms with Crippen LogP contribution in [0.2, 0.25) is 0 Å². The van der Waals surface area contributed by atoms with Crippen LogP contribution < -0.4 is 11.1 Å². The predicted molar refractivity (Wildman–Crippen MR) is 137 cm³/mol. The van der Waals surface area contributed by atoms with Crippen molar-refractivity contribution in [2.24, 2.45) is 10.9 Å². The largest absolute Gasteiger partial charge is 0.399 e. The summed E-state index contributed by atoms with van der Waals surface area (Å²) in [6.45, 7) is 0. The molecule has 0 aliphatic heterocycles. The van der Waals surface area contributed by atoms with Crippen LogP contribution >= 0.6 is 0 Å². The summed E-state index contributed by atoms with van der Waals surface area (Å²) in [5.74, 6) is 1.55. The third kappa shape index (κ3) is 4.05. The Morgan fingerprint density at radius 2 is 1.55 bits per heavy atom. The first-order chi connectivity index (χ1) is 16.3. The van der Waals surface area contributed by atoms with Crippen LogP contribution in [0.4, 0.5) is 11.4 Å². The highest BCUT2D eigenvalue weighted by atomic mass is 15.0. The molecule has 3 aliphatic rings. The van der Waals surface area contributed by atoms with Crippen LogP contribution in [0.1, 0.15) is 35.8 Å². The Bertz CT molecular complexity index is 1230. The molecule has 3 aromatic carbocycles. The van der Waals surface area contributed by atoms with E-state index in [4.69, 9.17) is 10.7 Å². The van der Waals surface area contributed by atoms with Gasteiger partial charge in [0.05, 0.1) is 5.69 Å². The Kier molecular flexibility index (Phi) is 5.20. The second kappa shape index (κ2) is 8.49. The molecule has 3 heteroatoms. The number of fused-ring (bicyclic) bond motifs is 1. The minimum absolute atomic E-state index is 0.206. The van der Waals surface area contributed by atoms with Gasteiger partial charge in [-0.2, -0.15) is 0 Å². The molecule has 6 rings (SSSR count). The first-order valence-electron chi connectivity index (χ1n) is 11.9. The molecule has 0 heterocycles. The molecule has 0 radical (unpaired) electrons. The van der Waals surface area contributed by atoms with Crippen molar-refractivity contribution in [1.82, 2.24) is 5.32 Å². The van der Waals surface area contributed by atoms with Gasteiger partial charge in [-0.25, -0.2) is 0 Å². The van der Waals surface area contributed by atoms with Gasteiger partial charge in [0, 0.05) is 35.3 Å². The van der Waals surface area contributed by atoms with E-state index in [2.05, 4.69) is 84.2 Å². The monoisotopic (exact) mass is 431 g/mol. The molecule has 3 aromatic rings. The fourth-order valence-corrected chi connectivity index (χ4v) is 5.75. The van der Waals surface area contributed by atoms with Gasteiger partial charge in [-0.3, -0.25) is 4.99 Å². The van der Waals surface area contributed by atoms with Gasteiger partial charge in [0.1, 0.15) is 0 Å². The number of anilines is 1. The van der Waals surface area contributed by atoms with Crippen molar-refractivity contribution in [3.63, 3.8) is 0 Å². The molecule has 5 atom stereocenters. The Morgan fingerprint density at radius 3 is 2.21 bits per heavy atom. The maximum absolute atomic E-state index is 6.01. The van der Waals surface area contributed by atoms with Crippen LogP contribution in [-0.2, 0) is 0 Å². The van der Waals surface area contributed by atoms with Crippen LogP contribution in [0.3, 0.4) is 0 Å². The fraction of sp³-hybridized carbons (Fsp3) is 0.233. The number of benzene rings is 3. The third-order valence-corrected chi connectivity index (χ3v) is 7.26. The van der Waals surface area contributed by atoms with Crippen LogP contribution in [0, 0.1) is 5.92 Å². The van der Waals surface area contributed by atoms with Gasteiger partial charge in [0.25, 0.3) is 0 Å². The van der Waals surface area contributed by atoms with Gasteiger partial charge in [-0.05, 0) is 54.2 Å². The molecule has 33 heavy (non-hydrogen) atoms. The Hall–Kier alpha value is -3.43. The maximum atomic E-state index is 6.01. The van der Waals surface area contributed by atoms with Crippen molar-refractivity contribution in [1.29, 1.82) is 0 Å². The van der Waals surface area contributed by atoms with Crippen LogP contribution in [0.15, 0.2) is 114 Å². The van der Waals surface area contributed by atoms with Gasteiger partial charge in [0.2, 0.25) is 0 Å². The van der Waals surface area contributed by atoms with Crippen molar-refractivity contribution in [2.45, 2.75) is 36.8 Å². The minimum Gasteiger partial charge on any atom is -0.399 e. The summed E-state index contributed by atoms with van der Waals surface area (Å²) in [6.07, 6.45) is 9.14. The van der Waals surface area contributed by atoms with E-state index in [9.17, 15) is 0 Å². The van der Waals surface area contributed by atoms with Crippen molar-refractivity contribution in [3.8, 4) is 0 Å². The highest BCUT2D eigenvalue weighted by Crippen LogP contribution is 2.59. The average molecular weight is 432 g/mol. The highest BCUT2D eigenvalue weighted by molar-refractivity contribution is 6.03. The number of rotatable bonds is 5. The maximum Gasteiger partial charge on any atom is 0.0653 e. The molecule has 0 saturated heterocycles. The van der Waals surface area contributed by atoms with E-state index in [-0.39, 0.29) is 5.92 Å². The van der Waals surface area contributed by atoms with Gasteiger partial charge < -0.3 is 11.1 Å². The van der Waals surface area contributed by atoms with E-state index in [1.165, 1.54) is 17.5 Å². The number of allylic oxidation sites excluding steroid dienone is 2. The van der Waals surface area contributed by atoms with Gasteiger partial charge >= 0.3 is 0 Å². The molecular formula is C30H29N3. The Morgan fingerprint density at radius 1 is 0.818 bits per heavy atom. The number of nitrogens with zero attached hydrogens (tertiary/aromatic N) is 1. The second-order valence-corrected chi connectivity index (χ2v) is 9.43. The Balaban J connectivity index is 1.26. The van der Waals surface area contributed by atoms with E-state index in [0.29, 0.717) is 23.9 Å². The number of aliphatic imine (C=N–C) groups is 1. The topological polar surface area (TPSA) is 50.4 Å². The fourth-order valence-electron chi connectivity index (χ4n) is 5.75. The van der Waals surface area contributed by atoms with E-state index < -0.39 is 0 Å². The smallest absolute Gasteiger partial charge is 0.0653 e. The molecule has 1 saturated carbocycles. The Labute approximate surface area is 195 Å². The lowest BCUT2D eigenvalue weighted by Crippen LogP contribution is -2.44. The van der Waals surface area contributed by atoms with Crippen LogP contribution in [0.5, 0.6) is 0 Å². The van der Waals surface area contributed by atoms with Crippen LogP contribution in [-0.4, -0.2) is 17.8 Å². The molecule has 0 amide bonds. The number of hydrogen-bond donors (Lipinski definition) is 2. The summed E-state index contributed by atoms with van der Waals surface area (Å²) in [5.41, 5.74) is 13.1. The molecule has 164 valence electrons. The van der Waals surface area contributed by atoms with Crippen molar-refractivity contribution >= 4 is 17.1 Å². The average Bonchev–Trinajstić information content (AvgIpc) is 3.35. The minimum atomic E-state index is 0.206. The SMILES string of the molecule is Nc1cccc(/N=C2\C=CC[C@H](NC3C=C4C(C3)C4c3ccccc3)[C@@H]2c2ccccc2)c1. The standard InChI is InChI=1S/C30H29N3/c31-22-13-7-14-23(17-22)32-27-15-8-16-28(30(27)21-11-5-2-6-12-21)33-24-18-25-26(19-24)29(25)20-9-3-1-4-10-20/h1-15,17-18,24,26,28-30,33H,16,19,31H2/b32-27+/t24?,26?,28-,29?,30+/m0/s1. The van der Waals surface area contributed by atoms with Crippen molar-refractivity contribution in [3.05, 3.63) is 120 Å². The zero-order chi connectivity index (χ0) is 22.2. The van der Waals surface area contributed by atoms with Crippen molar-refractivity contribution in [2.75, 3.05) is 5.73 Å². The van der Waals surface area contributed by atoms with Crippen LogP contribution in [0.25, 0.3) is 0 Å². The number of nitrogen functional groups attached to an aromatic ring is 1. The molecule has 3 unspecified atom stereocenters. The lowest BCUT2D eigenvalue weighted by atomic mass is 9.81.